The Labute approximate surface area is 108 Å². The normalized spacial score (nSPS) is 12.3. The topological polar surface area (TPSA) is 84.6 Å². The summed E-state index contributed by atoms with van der Waals surface area (Å²) < 4.78 is 28.5. The number of nitro benzene ring substituents is 1. The SMILES string of the molecule is CC(CCO)Nc1ccc([N+](=O)[O-])c(OC(F)F)c1. The predicted octanol–water partition coefficient (Wildman–Crippen LogP) is 2.38. The van der Waals surface area contributed by atoms with Gasteiger partial charge in [0.15, 0.2) is 0 Å². The fourth-order valence-electron chi connectivity index (χ4n) is 1.50. The van der Waals surface area contributed by atoms with Crippen molar-refractivity contribution in [2.75, 3.05) is 11.9 Å². The number of rotatable bonds is 7. The van der Waals surface area contributed by atoms with E-state index < -0.39 is 23.0 Å². The van der Waals surface area contributed by atoms with Crippen LogP contribution < -0.4 is 10.1 Å². The Balaban J connectivity index is 2.94. The molecule has 1 atom stereocenters. The van der Waals surface area contributed by atoms with Gasteiger partial charge in [-0.2, -0.15) is 8.78 Å². The molecule has 1 rings (SSSR count). The second-order valence-corrected chi connectivity index (χ2v) is 3.88. The van der Waals surface area contributed by atoms with E-state index in [9.17, 15) is 18.9 Å². The van der Waals surface area contributed by atoms with E-state index >= 15 is 0 Å². The third-order valence-corrected chi connectivity index (χ3v) is 2.35. The highest BCUT2D eigenvalue weighted by Crippen LogP contribution is 2.31. The molecule has 1 aromatic carbocycles. The molecule has 0 heterocycles. The molecule has 2 N–H and O–H groups in total. The maximum absolute atomic E-state index is 12.2. The van der Waals surface area contributed by atoms with Crippen molar-refractivity contribution in [1.82, 2.24) is 0 Å². The van der Waals surface area contributed by atoms with Gasteiger partial charge in [0.1, 0.15) is 0 Å². The van der Waals surface area contributed by atoms with Gasteiger partial charge in [-0.1, -0.05) is 0 Å². The van der Waals surface area contributed by atoms with Crippen molar-refractivity contribution in [2.45, 2.75) is 26.0 Å². The maximum Gasteiger partial charge on any atom is 0.387 e. The number of aliphatic hydroxyl groups is 1. The molecule has 106 valence electrons. The molecule has 1 aromatic rings. The quantitative estimate of drug-likeness (QED) is 0.590. The van der Waals surface area contributed by atoms with Crippen molar-refractivity contribution in [3.63, 3.8) is 0 Å². The number of aliphatic hydroxyl groups excluding tert-OH is 1. The van der Waals surface area contributed by atoms with Gasteiger partial charge in [-0.05, 0) is 19.4 Å². The molecular weight excluding hydrogens is 262 g/mol. The number of hydrogen-bond donors (Lipinski definition) is 2. The van der Waals surface area contributed by atoms with Crippen LogP contribution >= 0.6 is 0 Å². The minimum absolute atomic E-state index is 0.0263. The third-order valence-electron chi connectivity index (χ3n) is 2.35. The van der Waals surface area contributed by atoms with Gasteiger partial charge < -0.3 is 15.2 Å². The van der Waals surface area contributed by atoms with E-state index in [0.29, 0.717) is 12.1 Å². The largest absolute Gasteiger partial charge is 0.427 e. The van der Waals surface area contributed by atoms with Crippen molar-refractivity contribution in [1.29, 1.82) is 0 Å². The Morgan fingerprint density at radius 2 is 2.21 bits per heavy atom. The molecule has 0 aromatic heterocycles. The van der Waals surface area contributed by atoms with Crippen LogP contribution in [0.1, 0.15) is 13.3 Å². The van der Waals surface area contributed by atoms with Crippen LogP contribution in [0.15, 0.2) is 18.2 Å². The molecule has 0 aliphatic carbocycles. The van der Waals surface area contributed by atoms with E-state index in [0.717, 1.165) is 12.1 Å². The first-order chi connectivity index (χ1) is 8.93. The molecule has 0 saturated carbocycles. The third kappa shape index (κ3) is 4.66. The van der Waals surface area contributed by atoms with Gasteiger partial charge in [0, 0.05) is 30.5 Å². The number of hydrogen-bond acceptors (Lipinski definition) is 5. The first-order valence-corrected chi connectivity index (χ1v) is 5.54. The second-order valence-electron chi connectivity index (χ2n) is 3.88. The smallest absolute Gasteiger partial charge is 0.387 e. The molecule has 0 aliphatic heterocycles. The van der Waals surface area contributed by atoms with E-state index in [-0.39, 0.29) is 12.6 Å². The van der Waals surface area contributed by atoms with Crippen LogP contribution in [0, 0.1) is 10.1 Å². The second kappa shape index (κ2) is 6.83. The Morgan fingerprint density at radius 1 is 1.53 bits per heavy atom. The Kier molecular flexibility index (Phi) is 5.43. The molecule has 6 nitrogen and oxygen atoms in total. The molecule has 0 bridgehead atoms. The predicted molar refractivity (Wildman–Crippen MR) is 64.5 cm³/mol. The average molecular weight is 276 g/mol. The highest BCUT2D eigenvalue weighted by atomic mass is 19.3. The first kappa shape index (κ1) is 15.1. The van der Waals surface area contributed by atoms with Crippen molar-refractivity contribution in [3.8, 4) is 5.75 Å². The zero-order valence-corrected chi connectivity index (χ0v) is 10.2. The summed E-state index contributed by atoms with van der Waals surface area (Å²) in [7, 11) is 0. The van der Waals surface area contributed by atoms with Crippen LogP contribution in [-0.4, -0.2) is 29.3 Å². The summed E-state index contributed by atoms with van der Waals surface area (Å²) in [5, 5.41) is 22.3. The highest BCUT2D eigenvalue weighted by Gasteiger charge is 2.19. The van der Waals surface area contributed by atoms with Crippen LogP contribution in [0.25, 0.3) is 0 Å². The average Bonchev–Trinajstić information content (AvgIpc) is 2.28. The van der Waals surface area contributed by atoms with E-state index in [2.05, 4.69) is 10.1 Å². The molecule has 0 fully saturated rings. The van der Waals surface area contributed by atoms with Crippen LogP contribution in [0.4, 0.5) is 20.2 Å². The van der Waals surface area contributed by atoms with E-state index in [4.69, 9.17) is 5.11 Å². The minimum atomic E-state index is -3.14. The van der Waals surface area contributed by atoms with Crippen LogP contribution in [0.5, 0.6) is 5.75 Å². The Bertz CT molecular complexity index is 443. The number of ether oxygens (including phenoxy) is 1. The zero-order valence-electron chi connectivity index (χ0n) is 10.2. The lowest BCUT2D eigenvalue weighted by molar-refractivity contribution is -0.386. The summed E-state index contributed by atoms with van der Waals surface area (Å²) in [6.07, 6.45) is 0.460. The van der Waals surface area contributed by atoms with Crippen molar-refractivity contribution in [2.24, 2.45) is 0 Å². The molecule has 0 spiro atoms. The van der Waals surface area contributed by atoms with E-state index in [1.54, 1.807) is 6.92 Å². The number of halogens is 2. The van der Waals surface area contributed by atoms with Crippen LogP contribution in [0.3, 0.4) is 0 Å². The Hall–Kier alpha value is -1.96. The number of nitro groups is 1. The fraction of sp³-hybridized carbons (Fsp3) is 0.455. The van der Waals surface area contributed by atoms with Crippen molar-refractivity contribution < 1.29 is 23.5 Å². The molecule has 8 heteroatoms. The van der Waals surface area contributed by atoms with Crippen LogP contribution in [-0.2, 0) is 0 Å². The van der Waals surface area contributed by atoms with Gasteiger partial charge >= 0.3 is 12.3 Å². The minimum Gasteiger partial charge on any atom is -0.427 e. The van der Waals surface area contributed by atoms with Crippen molar-refractivity contribution in [3.05, 3.63) is 28.3 Å². The number of nitrogens with one attached hydrogen (secondary N) is 1. The lowest BCUT2D eigenvalue weighted by Gasteiger charge is -2.15. The summed E-state index contributed by atoms with van der Waals surface area (Å²) in [6, 6.07) is 3.51. The molecular formula is C11H14F2N2O4. The summed E-state index contributed by atoms with van der Waals surface area (Å²) in [5.41, 5.74) is -0.122. The summed E-state index contributed by atoms with van der Waals surface area (Å²) >= 11 is 0. The highest BCUT2D eigenvalue weighted by molar-refractivity contribution is 5.58. The van der Waals surface area contributed by atoms with Gasteiger partial charge in [-0.25, -0.2) is 0 Å². The molecule has 19 heavy (non-hydrogen) atoms. The lowest BCUT2D eigenvalue weighted by Crippen LogP contribution is -2.16. The summed E-state index contributed by atoms with van der Waals surface area (Å²) in [6.45, 7) is -1.38. The summed E-state index contributed by atoms with van der Waals surface area (Å²) in [5.74, 6) is -0.499. The van der Waals surface area contributed by atoms with Gasteiger partial charge in [0.05, 0.1) is 4.92 Å². The van der Waals surface area contributed by atoms with E-state index in [1.165, 1.54) is 6.07 Å². The van der Waals surface area contributed by atoms with Gasteiger partial charge in [0.25, 0.3) is 0 Å². The maximum atomic E-state index is 12.2. The fourth-order valence-corrected chi connectivity index (χ4v) is 1.50. The monoisotopic (exact) mass is 276 g/mol. The molecule has 0 radical (unpaired) electrons. The first-order valence-electron chi connectivity index (χ1n) is 5.54. The Morgan fingerprint density at radius 3 is 2.74 bits per heavy atom. The van der Waals surface area contributed by atoms with Gasteiger partial charge in [-0.3, -0.25) is 10.1 Å². The number of alkyl halides is 2. The molecule has 1 unspecified atom stereocenters. The van der Waals surface area contributed by atoms with Crippen LogP contribution in [0.2, 0.25) is 0 Å². The van der Waals surface area contributed by atoms with Gasteiger partial charge in [0.2, 0.25) is 5.75 Å². The number of benzene rings is 1. The molecule has 0 saturated heterocycles. The van der Waals surface area contributed by atoms with E-state index in [1.807, 2.05) is 0 Å². The molecule has 0 aliphatic rings. The lowest BCUT2D eigenvalue weighted by atomic mass is 10.2. The number of nitrogens with zero attached hydrogens (tertiary/aromatic N) is 1. The number of anilines is 1. The molecule has 0 amide bonds. The zero-order chi connectivity index (χ0) is 14.4. The van der Waals surface area contributed by atoms with Crippen molar-refractivity contribution >= 4 is 11.4 Å². The summed E-state index contributed by atoms with van der Waals surface area (Å²) in [4.78, 5) is 9.87. The van der Waals surface area contributed by atoms with Gasteiger partial charge in [-0.15, -0.1) is 0 Å². The standard InChI is InChI=1S/C11H14F2N2O4/c1-7(4-5-16)14-8-2-3-9(15(17)18)10(6-8)19-11(12)13/h2-3,6-7,11,14,16H,4-5H2,1H3.